The highest BCUT2D eigenvalue weighted by molar-refractivity contribution is 5.62. The molecule has 0 saturated heterocycles. The van der Waals surface area contributed by atoms with Gasteiger partial charge in [-0.15, -0.1) is 0 Å². The molecule has 1 nitrogen and oxygen atoms in total. The van der Waals surface area contributed by atoms with Gasteiger partial charge in [-0.05, 0) is 12.1 Å². The SMILES string of the molecule is Fc1cccc(-c2c[c]oc2)c1F. The average Bonchev–Trinajstić information content (AvgIpc) is 2.62. The van der Waals surface area contributed by atoms with E-state index in [-0.39, 0.29) is 5.56 Å². The third kappa shape index (κ3) is 1.33. The standard InChI is InChI=1S/C10H5F2O/c11-9-3-1-2-8(10(9)12)7-4-5-13-6-7/h1-4,6H. The summed E-state index contributed by atoms with van der Waals surface area (Å²) < 4.78 is 30.5. The van der Waals surface area contributed by atoms with E-state index in [4.69, 9.17) is 0 Å². The molecular formula is C10H5F2O. The lowest BCUT2D eigenvalue weighted by molar-refractivity contribution is 0.510. The molecule has 0 fully saturated rings. The van der Waals surface area contributed by atoms with Crippen molar-refractivity contribution >= 4 is 0 Å². The van der Waals surface area contributed by atoms with Crippen LogP contribution in [-0.2, 0) is 0 Å². The minimum atomic E-state index is -0.864. The third-order valence-electron chi connectivity index (χ3n) is 1.73. The molecule has 3 heteroatoms. The van der Waals surface area contributed by atoms with E-state index in [9.17, 15) is 8.78 Å². The first-order valence-electron chi connectivity index (χ1n) is 3.68. The summed E-state index contributed by atoms with van der Waals surface area (Å²) in [5, 5.41) is 0. The molecule has 2 rings (SSSR count). The van der Waals surface area contributed by atoms with Crippen LogP contribution in [0.25, 0.3) is 11.1 Å². The first-order valence-corrected chi connectivity index (χ1v) is 3.68. The zero-order valence-corrected chi connectivity index (χ0v) is 6.55. The molecule has 1 aromatic heterocycles. The van der Waals surface area contributed by atoms with Crippen molar-refractivity contribution in [3.8, 4) is 11.1 Å². The number of hydrogen-bond donors (Lipinski definition) is 0. The van der Waals surface area contributed by atoms with Gasteiger partial charge in [-0.25, -0.2) is 8.78 Å². The van der Waals surface area contributed by atoms with Crippen LogP contribution in [0.5, 0.6) is 0 Å². The fourth-order valence-corrected chi connectivity index (χ4v) is 1.10. The van der Waals surface area contributed by atoms with Crippen LogP contribution in [0, 0.1) is 17.9 Å². The summed E-state index contributed by atoms with van der Waals surface area (Å²) in [4.78, 5) is 0. The van der Waals surface area contributed by atoms with Gasteiger partial charge < -0.3 is 4.42 Å². The van der Waals surface area contributed by atoms with Gasteiger partial charge in [0.15, 0.2) is 17.9 Å². The van der Waals surface area contributed by atoms with Crippen LogP contribution in [0.3, 0.4) is 0 Å². The van der Waals surface area contributed by atoms with Crippen molar-refractivity contribution in [1.29, 1.82) is 0 Å². The molecule has 2 aromatic rings. The summed E-state index contributed by atoms with van der Waals surface area (Å²) in [6.45, 7) is 0. The van der Waals surface area contributed by atoms with E-state index >= 15 is 0 Å². The molecule has 0 spiro atoms. The first-order chi connectivity index (χ1) is 6.29. The highest BCUT2D eigenvalue weighted by Gasteiger charge is 2.09. The summed E-state index contributed by atoms with van der Waals surface area (Å²) in [6, 6.07) is 5.46. The summed E-state index contributed by atoms with van der Waals surface area (Å²) in [7, 11) is 0. The van der Waals surface area contributed by atoms with Crippen LogP contribution < -0.4 is 0 Å². The van der Waals surface area contributed by atoms with Gasteiger partial charge in [-0.1, -0.05) is 12.1 Å². The van der Waals surface area contributed by atoms with Gasteiger partial charge in [0.2, 0.25) is 0 Å². The Kier molecular flexibility index (Phi) is 1.85. The minimum Gasteiger partial charge on any atom is -0.460 e. The Morgan fingerprint density at radius 3 is 2.77 bits per heavy atom. The number of benzene rings is 1. The monoisotopic (exact) mass is 179 g/mol. The Labute approximate surface area is 73.6 Å². The molecule has 0 N–H and O–H groups in total. The van der Waals surface area contributed by atoms with E-state index in [2.05, 4.69) is 10.7 Å². The van der Waals surface area contributed by atoms with Gasteiger partial charge >= 0.3 is 0 Å². The molecule has 0 atom stereocenters. The Balaban J connectivity index is 2.59. The Morgan fingerprint density at radius 2 is 2.08 bits per heavy atom. The molecular weight excluding hydrogens is 174 g/mol. The summed E-state index contributed by atoms with van der Waals surface area (Å²) in [5.74, 6) is -1.73. The average molecular weight is 179 g/mol. The summed E-state index contributed by atoms with van der Waals surface area (Å²) in [5.41, 5.74) is 0.669. The third-order valence-corrected chi connectivity index (χ3v) is 1.73. The lowest BCUT2D eigenvalue weighted by atomic mass is 10.1. The van der Waals surface area contributed by atoms with Crippen molar-refractivity contribution < 1.29 is 13.2 Å². The summed E-state index contributed by atoms with van der Waals surface area (Å²) >= 11 is 0. The fraction of sp³-hybridized carbons (Fsp3) is 0. The topological polar surface area (TPSA) is 13.1 Å². The lowest BCUT2D eigenvalue weighted by Crippen LogP contribution is -1.86. The second-order valence-electron chi connectivity index (χ2n) is 2.55. The quantitative estimate of drug-likeness (QED) is 0.655. The lowest BCUT2D eigenvalue weighted by Gasteiger charge is -1.99. The smallest absolute Gasteiger partial charge is 0.169 e. The molecule has 1 aromatic carbocycles. The van der Waals surface area contributed by atoms with E-state index in [0.29, 0.717) is 5.56 Å². The highest BCUT2D eigenvalue weighted by Crippen LogP contribution is 2.24. The second kappa shape index (κ2) is 3.01. The van der Waals surface area contributed by atoms with Crippen LogP contribution in [0.4, 0.5) is 8.78 Å². The largest absolute Gasteiger partial charge is 0.460 e. The maximum absolute atomic E-state index is 13.1. The van der Waals surface area contributed by atoms with Crippen molar-refractivity contribution in [2.75, 3.05) is 0 Å². The molecule has 13 heavy (non-hydrogen) atoms. The number of halogens is 2. The molecule has 1 heterocycles. The molecule has 0 bridgehead atoms. The van der Waals surface area contributed by atoms with E-state index in [1.54, 1.807) is 0 Å². The van der Waals surface area contributed by atoms with Crippen LogP contribution in [0.1, 0.15) is 0 Å². The van der Waals surface area contributed by atoms with E-state index < -0.39 is 11.6 Å². The fourth-order valence-electron chi connectivity index (χ4n) is 1.10. The van der Waals surface area contributed by atoms with Crippen molar-refractivity contribution in [2.45, 2.75) is 0 Å². The second-order valence-corrected chi connectivity index (χ2v) is 2.55. The number of furan rings is 1. The molecule has 0 aliphatic carbocycles. The van der Waals surface area contributed by atoms with Gasteiger partial charge in [0.05, 0.1) is 6.26 Å². The molecule has 0 aliphatic heterocycles. The van der Waals surface area contributed by atoms with Crippen LogP contribution in [-0.4, -0.2) is 0 Å². The van der Waals surface area contributed by atoms with Gasteiger partial charge in [0.25, 0.3) is 0 Å². The molecule has 0 unspecified atom stereocenters. The van der Waals surface area contributed by atoms with Crippen LogP contribution in [0.2, 0.25) is 0 Å². The molecule has 65 valence electrons. The predicted octanol–water partition coefficient (Wildman–Crippen LogP) is 3.02. The van der Waals surface area contributed by atoms with Crippen molar-refractivity contribution in [3.05, 3.63) is 48.4 Å². The highest BCUT2D eigenvalue weighted by atomic mass is 19.2. The number of hydrogen-bond acceptors (Lipinski definition) is 1. The van der Waals surface area contributed by atoms with Gasteiger partial charge in [-0.2, -0.15) is 0 Å². The van der Waals surface area contributed by atoms with Crippen LogP contribution >= 0.6 is 0 Å². The Hall–Kier alpha value is -1.64. The minimum absolute atomic E-state index is 0.185. The zero-order chi connectivity index (χ0) is 9.26. The molecule has 0 aliphatic rings. The Morgan fingerprint density at radius 1 is 1.23 bits per heavy atom. The number of rotatable bonds is 1. The van der Waals surface area contributed by atoms with Crippen LogP contribution in [0.15, 0.2) is 34.9 Å². The van der Waals surface area contributed by atoms with Gasteiger partial charge in [0, 0.05) is 11.1 Å². The maximum Gasteiger partial charge on any atom is 0.169 e. The van der Waals surface area contributed by atoms with Gasteiger partial charge in [-0.3, -0.25) is 0 Å². The molecule has 0 amide bonds. The predicted molar refractivity (Wildman–Crippen MR) is 42.9 cm³/mol. The van der Waals surface area contributed by atoms with Gasteiger partial charge in [0.1, 0.15) is 0 Å². The van der Waals surface area contributed by atoms with Crippen molar-refractivity contribution in [3.63, 3.8) is 0 Å². The Bertz CT molecular complexity index is 407. The van der Waals surface area contributed by atoms with E-state index in [1.165, 1.54) is 24.5 Å². The van der Waals surface area contributed by atoms with E-state index in [1.807, 2.05) is 0 Å². The first kappa shape index (κ1) is 7.98. The van der Waals surface area contributed by atoms with Crippen molar-refractivity contribution in [2.24, 2.45) is 0 Å². The van der Waals surface area contributed by atoms with Crippen molar-refractivity contribution in [1.82, 2.24) is 0 Å². The maximum atomic E-state index is 13.1. The van der Waals surface area contributed by atoms with E-state index in [0.717, 1.165) is 6.07 Å². The zero-order valence-electron chi connectivity index (χ0n) is 6.55. The molecule has 0 saturated carbocycles. The normalized spacial score (nSPS) is 10.3. The summed E-state index contributed by atoms with van der Waals surface area (Å²) in [6.07, 6.45) is 3.73. The molecule has 1 radical (unpaired) electrons.